The van der Waals surface area contributed by atoms with Gasteiger partial charge in [-0.2, -0.15) is 0 Å². The number of hydrogen-bond acceptors (Lipinski definition) is 0. The Kier molecular flexibility index (Phi) is 3.37. The van der Waals surface area contributed by atoms with Crippen molar-refractivity contribution < 1.29 is 0 Å². The maximum absolute atomic E-state index is 3.31. The Morgan fingerprint density at radius 3 is 2.55 bits per heavy atom. The molecule has 0 aliphatic rings. The summed E-state index contributed by atoms with van der Waals surface area (Å²) < 4.78 is 0. The van der Waals surface area contributed by atoms with Crippen molar-refractivity contribution >= 4 is 15.9 Å². The molecule has 0 radical (unpaired) electrons. The third-order valence-electron chi connectivity index (χ3n) is 1.51. The number of allylic oxidation sites excluding steroid dienone is 1. The predicted molar refractivity (Wildman–Crippen MR) is 52.8 cm³/mol. The Labute approximate surface area is 76.1 Å². The van der Waals surface area contributed by atoms with Crippen LogP contribution in [-0.4, -0.2) is 0 Å². The van der Waals surface area contributed by atoms with E-state index in [4.69, 9.17) is 0 Å². The van der Waals surface area contributed by atoms with Gasteiger partial charge in [0.05, 0.1) is 0 Å². The standard InChI is InChI=1S/C10H11Br/c1-9(8-11)7-10-5-3-2-4-6-10/h2-6,8H,7H2,1H3. The summed E-state index contributed by atoms with van der Waals surface area (Å²) >= 11 is 3.31. The summed E-state index contributed by atoms with van der Waals surface area (Å²) in [7, 11) is 0. The fraction of sp³-hybridized carbons (Fsp3) is 0.200. The highest BCUT2D eigenvalue weighted by atomic mass is 79.9. The van der Waals surface area contributed by atoms with Crippen LogP contribution in [-0.2, 0) is 6.42 Å². The molecule has 0 aliphatic carbocycles. The molecule has 1 aromatic carbocycles. The quantitative estimate of drug-likeness (QED) is 0.701. The SMILES string of the molecule is CC(=CBr)Cc1ccccc1. The Balaban J connectivity index is 2.65. The van der Waals surface area contributed by atoms with Crippen LogP contribution < -0.4 is 0 Å². The monoisotopic (exact) mass is 210 g/mol. The number of benzene rings is 1. The third-order valence-corrected chi connectivity index (χ3v) is 2.29. The molecule has 0 atom stereocenters. The average molecular weight is 211 g/mol. The minimum Gasteiger partial charge on any atom is -0.0622 e. The van der Waals surface area contributed by atoms with Crippen LogP contribution in [0.4, 0.5) is 0 Å². The summed E-state index contributed by atoms with van der Waals surface area (Å²) in [5.74, 6) is 0. The molecule has 0 aliphatic heterocycles. The molecule has 0 nitrogen and oxygen atoms in total. The Bertz CT molecular complexity index is 236. The summed E-state index contributed by atoms with van der Waals surface area (Å²) in [6, 6.07) is 10.4. The molecule has 0 spiro atoms. The van der Waals surface area contributed by atoms with Crippen molar-refractivity contribution in [2.75, 3.05) is 0 Å². The molecule has 0 bridgehead atoms. The van der Waals surface area contributed by atoms with Crippen LogP contribution in [0.2, 0.25) is 0 Å². The number of hydrogen-bond donors (Lipinski definition) is 0. The van der Waals surface area contributed by atoms with Crippen molar-refractivity contribution in [1.82, 2.24) is 0 Å². The second-order valence-corrected chi connectivity index (χ2v) is 3.08. The summed E-state index contributed by atoms with van der Waals surface area (Å²) in [5, 5.41) is 0. The second-order valence-electron chi connectivity index (χ2n) is 2.62. The van der Waals surface area contributed by atoms with E-state index in [-0.39, 0.29) is 0 Å². The molecule has 0 aromatic heterocycles. The highest BCUT2D eigenvalue weighted by Gasteiger charge is 1.90. The largest absolute Gasteiger partial charge is 0.0622 e. The molecule has 0 saturated heterocycles. The van der Waals surface area contributed by atoms with Crippen molar-refractivity contribution in [3.8, 4) is 0 Å². The van der Waals surface area contributed by atoms with Gasteiger partial charge in [0.2, 0.25) is 0 Å². The van der Waals surface area contributed by atoms with Gasteiger partial charge >= 0.3 is 0 Å². The first-order valence-electron chi connectivity index (χ1n) is 3.62. The Morgan fingerprint density at radius 1 is 1.36 bits per heavy atom. The van der Waals surface area contributed by atoms with Crippen LogP contribution in [0.5, 0.6) is 0 Å². The lowest BCUT2D eigenvalue weighted by Gasteiger charge is -1.98. The van der Waals surface area contributed by atoms with Gasteiger partial charge < -0.3 is 0 Å². The van der Waals surface area contributed by atoms with Gasteiger partial charge in [0.1, 0.15) is 0 Å². The van der Waals surface area contributed by atoms with Crippen molar-refractivity contribution in [3.63, 3.8) is 0 Å². The summed E-state index contributed by atoms with van der Waals surface area (Å²) in [5.41, 5.74) is 2.71. The molecule has 1 aromatic rings. The normalized spacial score (nSPS) is 11.6. The smallest absolute Gasteiger partial charge is 0.00616 e. The van der Waals surface area contributed by atoms with Crippen LogP contribution in [0.3, 0.4) is 0 Å². The second kappa shape index (κ2) is 4.35. The molecule has 11 heavy (non-hydrogen) atoms. The van der Waals surface area contributed by atoms with Crippen LogP contribution in [0.1, 0.15) is 12.5 Å². The zero-order valence-electron chi connectivity index (χ0n) is 6.55. The molecule has 58 valence electrons. The molecular formula is C10H11Br. The van der Waals surface area contributed by atoms with Gasteiger partial charge in [0.25, 0.3) is 0 Å². The third kappa shape index (κ3) is 2.89. The molecule has 0 unspecified atom stereocenters. The highest BCUT2D eigenvalue weighted by molar-refractivity contribution is 9.11. The zero-order chi connectivity index (χ0) is 8.10. The van der Waals surface area contributed by atoms with Gasteiger partial charge in [-0.15, -0.1) is 0 Å². The van der Waals surface area contributed by atoms with E-state index in [1.807, 2.05) is 11.1 Å². The van der Waals surface area contributed by atoms with Crippen LogP contribution in [0, 0.1) is 0 Å². The van der Waals surface area contributed by atoms with E-state index in [9.17, 15) is 0 Å². The lowest BCUT2D eigenvalue weighted by molar-refractivity contribution is 1.15. The van der Waals surface area contributed by atoms with Gasteiger partial charge in [-0.05, 0) is 23.9 Å². The Morgan fingerprint density at radius 2 is 2.00 bits per heavy atom. The van der Waals surface area contributed by atoms with Crippen molar-refractivity contribution in [3.05, 3.63) is 46.5 Å². The van der Waals surface area contributed by atoms with Crippen molar-refractivity contribution in [2.45, 2.75) is 13.3 Å². The molecule has 1 rings (SSSR count). The molecule has 0 amide bonds. The van der Waals surface area contributed by atoms with E-state index in [0.717, 1.165) is 6.42 Å². The lowest BCUT2D eigenvalue weighted by Crippen LogP contribution is -1.83. The molecule has 0 N–H and O–H groups in total. The first-order valence-corrected chi connectivity index (χ1v) is 4.54. The summed E-state index contributed by atoms with van der Waals surface area (Å²) in [6.07, 6.45) is 1.03. The van der Waals surface area contributed by atoms with Crippen LogP contribution in [0.25, 0.3) is 0 Å². The summed E-state index contributed by atoms with van der Waals surface area (Å²) in [4.78, 5) is 1.97. The first kappa shape index (κ1) is 8.54. The predicted octanol–water partition coefficient (Wildman–Crippen LogP) is 3.53. The topological polar surface area (TPSA) is 0 Å². The minimum absolute atomic E-state index is 1.03. The van der Waals surface area contributed by atoms with E-state index in [2.05, 4.69) is 47.1 Å². The van der Waals surface area contributed by atoms with Crippen molar-refractivity contribution in [1.29, 1.82) is 0 Å². The average Bonchev–Trinajstić information content (AvgIpc) is 2.06. The molecule has 1 heteroatoms. The minimum atomic E-state index is 1.03. The number of halogens is 1. The van der Waals surface area contributed by atoms with Gasteiger partial charge in [0, 0.05) is 0 Å². The maximum atomic E-state index is 3.31. The van der Waals surface area contributed by atoms with E-state index in [0.29, 0.717) is 0 Å². The van der Waals surface area contributed by atoms with Gasteiger partial charge in [-0.1, -0.05) is 51.8 Å². The lowest BCUT2D eigenvalue weighted by atomic mass is 10.1. The molecule has 0 heterocycles. The van der Waals surface area contributed by atoms with E-state index >= 15 is 0 Å². The van der Waals surface area contributed by atoms with Crippen molar-refractivity contribution in [2.24, 2.45) is 0 Å². The van der Waals surface area contributed by atoms with Crippen LogP contribution in [0.15, 0.2) is 40.9 Å². The van der Waals surface area contributed by atoms with Gasteiger partial charge in [-0.3, -0.25) is 0 Å². The summed E-state index contributed by atoms with van der Waals surface area (Å²) in [6.45, 7) is 2.11. The Hall–Kier alpha value is -0.560. The fourth-order valence-electron chi connectivity index (χ4n) is 0.956. The molecule has 0 fully saturated rings. The van der Waals surface area contributed by atoms with E-state index in [1.165, 1.54) is 11.1 Å². The number of rotatable bonds is 2. The van der Waals surface area contributed by atoms with Gasteiger partial charge in [0.15, 0.2) is 0 Å². The van der Waals surface area contributed by atoms with E-state index < -0.39 is 0 Å². The molecular weight excluding hydrogens is 200 g/mol. The highest BCUT2D eigenvalue weighted by Crippen LogP contribution is 2.07. The zero-order valence-corrected chi connectivity index (χ0v) is 8.14. The van der Waals surface area contributed by atoms with Gasteiger partial charge in [-0.25, -0.2) is 0 Å². The van der Waals surface area contributed by atoms with Crippen LogP contribution >= 0.6 is 15.9 Å². The first-order chi connectivity index (χ1) is 5.33. The maximum Gasteiger partial charge on any atom is -0.00616 e. The van der Waals surface area contributed by atoms with E-state index in [1.54, 1.807) is 0 Å². The molecule has 0 saturated carbocycles. The fourth-order valence-corrected chi connectivity index (χ4v) is 1.12.